The van der Waals surface area contributed by atoms with Gasteiger partial charge in [-0.25, -0.2) is 4.79 Å². The number of carbonyl (C=O) groups excluding carboxylic acids is 3. The Morgan fingerprint density at radius 2 is 1.57 bits per heavy atom. The van der Waals surface area contributed by atoms with Crippen LogP contribution in [0.15, 0.2) is 0 Å². The van der Waals surface area contributed by atoms with Crippen molar-refractivity contribution in [1.82, 2.24) is 16.0 Å². The molecule has 0 fully saturated rings. The topological polar surface area (TPSA) is 171 Å². The molecule has 23 heavy (non-hydrogen) atoms. The van der Waals surface area contributed by atoms with E-state index in [9.17, 15) is 24.3 Å². The largest absolute Gasteiger partial charge is 0.480 e. The number of carboxylic acid groups (broad SMARTS) is 1. The minimum Gasteiger partial charge on any atom is -0.480 e. The molecular weight excluding hydrogens is 308 g/mol. The van der Waals surface area contributed by atoms with Gasteiger partial charge in [-0.2, -0.15) is 0 Å². The average molecular weight is 332 g/mol. The van der Waals surface area contributed by atoms with E-state index in [2.05, 4.69) is 16.0 Å². The van der Waals surface area contributed by atoms with E-state index in [4.69, 9.17) is 10.8 Å². The van der Waals surface area contributed by atoms with Crippen molar-refractivity contribution in [2.45, 2.75) is 38.9 Å². The highest BCUT2D eigenvalue weighted by molar-refractivity contribution is 5.93. The zero-order valence-corrected chi connectivity index (χ0v) is 13.3. The van der Waals surface area contributed by atoms with E-state index in [1.54, 1.807) is 13.8 Å². The van der Waals surface area contributed by atoms with Crippen LogP contribution in [0, 0.1) is 5.92 Å². The average Bonchev–Trinajstić information content (AvgIpc) is 2.48. The van der Waals surface area contributed by atoms with Gasteiger partial charge in [0.1, 0.15) is 18.1 Å². The van der Waals surface area contributed by atoms with Gasteiger partial charge in [0.05, 0.1) is 13.2 Å². The minimum absolute atomic E-state index is 0.295. The summed E-state index contributed by atoms with van der Waals surface area (Å²) in [7, 11) is 0. The van der Waals surface area contributed by atoms with E-state index in [0.29, 0.717) is 0 Å². The highest BCUT2D eigenvalue weighted by Crippen LogP contribution is 2.02. The maximum absolute atomic E-state index is 12.0. The van der Waals surface area contributed by atoms with Gasteiger partial charge < -0.3 is 31.9 Å². The smallest absolute Gasteiger partial charge is 0.326 e. The first-order chi connectivity index (χ1) is 10.6. The molecule has 0 radical (unpaired) electrons. The molecule has 3 unspecified atom stereocenters. The fourth-order valence-corrected chi connectivity index (χ4v) is 1.62. The van der Waals surface area contributed by atoms with Crippen LogP contribution < -0.4 is 21.7 Å². The second-order valence-corrected chi connectivity index (χ2v) is 5.31. The maximum Gasteiger partial charge on any atom is 0.326 e. The number of aliphatic hydroxyl groups is 1. The highest BCUT2D eigenvalue weighted by atomic mass is 16.4. The minimum atomic E-state index is -1.33. The number of rotatable bonds is 9. The molecule has 0 saturated heterocycles. The molecule has 10 heteroatoms. The van der Waals surface area contributed by atoms with Crippen molar-refractivity contribution >= 4 is 23.7 Å². The lowest BCUT2D eigenvalue weighted by Gasteiger charge is -2.23. The van der Waals surface area contributed by atoms with Gasteiger partial charge in [0, 0.05) is 0 Å². The van der Waals surface area contributed by atoms with E-state index in [1.165, 1.54) is 6.92 Å². The third kappa shape index (κ3) is 7.06. The molecule has 7 N–H and O–H groups in total. The van der Waals surface area contributed by atoms with E-state index in [-0.39, 0.29) is 12.5 Å². The first kappa shape index (κ1) is 20.8. The molecule has 10 nitrogen and oxygen atoms in total. The number of aliphatic hydroxyl groups excluding tert-OH is 1. The predicted octanol–water partition coefficient (Wildman–Crippen LogP) is -2.85. The van der Waals surface area contributed by atoms with Crippen LogP contribution in [0.4, 0.5) is 0 Å². The molecule has 0 spiro atoms. The lowest BCUT2D eigenvalue weighted by molar-refractivity contribution is -0.143. The summed E-state index contributed by atoms with van der Waals surface area (Å²) in [6.45, 7) is 3.57. The van der Waals surface area contributed by atoms with Crippen LogP contribution in [0.2, 0.25) is 0 Å². The number of nitrogens with one attached hydrogen (secondary N) is 3. The third-order valence-corrected chi connectivity index (χ3v) is 3.00. The molecular formula is C13H24N4O6. The van der Waals surface area contributed by atoms with Crippen molar-refractivity contribution in [3.63, 3.8) is 0 Å². The number of carbonyl (C=O) groups is 4. The van der Waals surface area contributed by atoms with Crippen LogP contribution in [-0.4, -0.2) is 65.2 Å². The Kier molecular flexibility index (Phi) is 8.81. The zero-order chi connectivity index (χ0) is 18.2. The molecule has 0 aliphatic heterocycles. The molecule has 3 atom stereocenters. The fraction of sp³-hybridized carbons (Fsp3) is 0.692. The normalized spacial score (nSPS) is 14.5. The summed E-state index contributed by atoms with van der Waals surface area (Å²) in [5.74, 6) is -3.70. The Bertz CT molecular complexity index is 454. The molecule has 0 aromatic rings. The van der Waals surface area contributed by atoms with Gasteiger partial charge >= 0.3 is 5.97 Å². The summed E-state index contributed by atoms with van der Waals surface area (Å²) < 4.78 is 0. The van der Waals surface area contributed by atoms with Gasteiger partial charge in [0.2, 0.25) is 17.7 Å². The maximum atomic E-state index is 12.0. The van der Waals surface area contributed by atoms with Crippen LogP contribution >= 0.6 is 0 Å². The monoisotopic (exact) mass is 332 g/mol. The van der Waals surface area contributed by atoms with Crippen LogP contribution in [0.25, 0.3) is 0 Å². The Morgan fingerprint density at radius 1 is 1.00 bits per heavy atom. The van der Waals surface area contributed by atoms with Gasteiger partial charge in [-0.1, -0.05) is 13.8 Å². The third-order valence-electron chi connectivity index (χ3n) is 3.00. The molecule has 0 aromatic carbocycles. The number of aliphatic carboxylic acids is 1. The van der Waals surface area contributed by atoms with Gasteiger partial charge in [-0.3, -0.25) is 14.4 Å². The molecule has 0 aromatic heterocycles. The number of hydrogen-bond acceptors (Lipinski definition) is 6. The molecule has 3 amide bonds. The molecule has 0 heterocycles. The summed E-state index contributed by atoms with van der Waals surface area (Å²) in [6.07, 6.45) is 0. The van der Waals surface area contributed by atoms with Gasteiger partial charge in [0.15, 0.2) is 0 Å². The summed E-state index contributed by atoms with van der Waals surface area (Å²) in [4.78, 5) is 46.0. The van der Waals surface area contributed by atoms with Gasteiger partial charge in [-0.05, 0) is 12.8 Å². The number of nitrogens with two attached hydrogens (primary N) is 1. The van der Waals surface area contributed by atoms with Crippen LogP contribution in [-0.2, 0) is 19.2 Å². The highest BCUT2D eigenvalue weighted by Gasteiger charge is 2.29. The van der Waals surface area contributed by atoms with Crippen LogP contribution in [0.5, 0.6) is 0 Å². The van der Waals surface area contributed by atoms with Gasteiger partial charge in [-0.15, -0.1) is 0 Å². The number of amides is 3. The predicted molar refractivity (Wildman–Crippen MR) is 80.1 cm³/mol. The molecule has 0 saturated carbocycles. The summed E-state index contributed by atoms with van der Waals surface area (Å²) in [6, 6.07) is -3.45. The molecule has 132 valence electrons. The second kappa shape index (κ2) is 9.74. The number of hydrogen-bond donors (Lipinski definition) is 6. The zero-order valence-electron chi connectivity index (χ0n) is 13.3. The van der Waals surface area contributed by atoms with Crippen LogP contribution in [0.1, 0.15) is 20.8 Å². The van der Waals surface area contributed by atoms with Crippen molar-refractivity contribution < 1.29 is 29.4 Å². The summed E-state index contributed by atoms with van der Waals surface area (Å²) in [5, 5.41) is 25.0. The molecule has 0 rings (SSSR count). The quantitative estimate of drug-likeness (QED) is 0.264. The SMILES string of the molecule is CC(NC(=O)CN)C(=O)NC(CO)C(=O)NC(C(=O)O)C(C)C. The second-order valence-electron chi connectivity index (χ2n) is 5.31. The lowest BCUT2D eigenvalue weighted by Crippen LogP contribution is -2.57. The van der Waals surface area contributed by atoms with Crippen molar-refractivity contribution in [2.75, 3.05) is 13.2 Å². The van der Waals surface area contributed by atoms with Crippen LogP contribution in [0.3, 0.4) is 0 Å². The van der Waals surface area contributed by atoms with E-state index in [0.717, 1.165) is 0 Å². The van der Waals surface area contributed by atoms with Crippen molar-refractivity contribution in [3.05, 3.63) is 0 Å². The summed E-state index contributed by atoms with van der Waals surface area (Å²) in [5.41, 5.74) is 5.10. The Morgan fingerprint density at radius 3 is 1.96 bits per heavy atom. The van der Waals surface area contributed by atoms with E-state index < -0.39 is 48.4 Å². The standard InChI is InChI=1S/C13H24N4O6/c1-6(2)10(13(22)23)17-12(21)8(5-18)16-11(20)7(3)15-9(19)4-14/h6-8,10,18H,4-5,14H2,1-3H3,(H,15,19)(H,16,20)(H,17,21)(H,22,23). The van der Waals surface area contributed by atoms with Crippen molar-refractivity contribution in [2.24, 2.45) is 11.7 Å². The molecule has 0 bridgehead atoms. The van der Waals surface area contributed by atoms with E-state index in [1.807, 2.05) is 0 Å². The Balaban J connectivity index is 4.75. The Labute approximate surface area is 133 Å². The summed E-state index contributed by atoms with van der Waals surface area (Å²) >= 11 is 0. The molecule has 0 aliphatic carbocycles. The molecule has 0 aliphatic rings. The lowest BCUT2D eigenvalue weighted by atomic mass is 10.0. The first-order valence-corrected chi connectivity index (χ1v) is 7.07. The van der Waals surface area contributed by atoms with Crippen molar-refractivity contribution in [3.8, 4) is 0 Å². The van der Waals surface area contributed by atoms with E-state index >= 15 is 0 Å². The van der Waals surface area contributed by atoms with Crippen molar-refractivity contribution in [1.29, 1.82) is 0 Å². The van der Waals surface area contributed by atoms with Gasteiger partial charge in [0.25, 0.3) is 0 Å². The fourth-order valence-electron chi connectivity index (χ4n) is 1.62. The number of carboxylic acids is 1. The first-order valence-electron chi connectivity index (χ1n) is 7.07. The Hall–Kier alpha value is -2.20.